The van der Waals surface area contributed by atoms with Crippen LogP contribution in [0.25, 0.3) is 6.08 Å². The number of hydrogen-bond donors (Lipinski definition) is 1. The molecule has 0 spiro atoms. The molecule has 2 aromatic rings. The molecule has 6 heteroatoms. The minimum Gasteiger partial charge on any atom is -0.478 e. The van der Waals surface area contributed by atoms with E-state index in [0.717, 1.165) is 31.0 Å². The maximum absolute atomic E-state index is 10.7. The second-order valence-corrected chi connectivity index (χ2v) is 7.15. The van der Waals surface area contributed by atoms with E-state index in [9.17, 15) is 4.79 Å². The number of carbonyl (C=O) groups is 1. The average Bonchev–Trinajstić information content (AvgIpc) is 2.81. The molecule has 0 bridgehead atoms. The molecule has 0 radical (unpaired) electrons. The molecule has 0 fully saturated rings. The molecule has 1 aromatic carbocycles. The van der Waals surface area contributed by atoms with Crippen molar-refractivity contribution in [1.82, 2.24) is 0 Å². The molecule has 0 amide bonds. The van der Waals surface area contributed by atoms with Gasteiger partial charge in [0.1, 0.15) is 0 Å². The maximum atomic E-state index is 10.7. The Morgan fingerprint density at radius 1 is 1.43 bits per heavy atom. The fraction of sp³-hybridized carbons (Fsp3) is 0.133. The number of benzene rings is 1. The van der Waals surface area contributed by atoms with Gasteiger partial charge in [-0.2, -0.15) is 0 Å². The molecule has 21 heavy (non-hydrogen) atoms. The van der Waals surface area contributed by atoms with Crippen LogP contribution in [-0.2, 0) is 11.3 Å². The van der Waals surface area contributed by atoms with Crippen molar-refractivity contribution in [3.8, 4) is 0 Å². The van der Waals surface area contributed by atoms with E-state index in [1.54, 1.807) is 17.4 Å². The summed E-state index contributed by atoms with van der Waals surface area (Å²) in [7, 11) is 1.97. The summed E-state index contributed by atoms with van der Waals surface area (Å²) in [6.45, 7) is 0.715. The number of rotatable bonds is 5. The van der Waals surface area contributed by atoms with Crippen LogP contribution in [0.4, 0.5) is 5.69 Å². The van der Waals surface area contributed by atoms with Crippen LogP contribution in [0.1, 0.15) is 10.4 Å². The van der Waals surface area contributed by atoms with Gasteiger partial charge in [-0.05, 0) is 42.0 Å². The smallest absolute Gasteiger partial charge is 0.328 e. The molecule has 0 aliphatic rings. The van der Waals surface area contributed by atoms with E-state index < -0.39 is 5.97 Å². The van der Waals surface area contributed by atoms with Gasteiger partial charge in [-0.15, -0.1) is 11.3 Å². The fourth-order valence-corrected chi connectivity index (χ4v) is 3.44. The third kappa shape index (κ3) is 4.59. The molecule has 2 rings (SSSR count). The molecule has 1 heterocycles. The fourth-order valence-electron chi connectivity index (χ4n) is 1.92. The van der Waals surface area contributed by atoms with Crippen molar-refractivity contribution < 1.29 is 9.90 Å². The first-order chi connectivity index (χ1) is 9.95. The monoisotopic (exact) mass is 385 g/mol. The van der Waals surface area contributed by atoms with Gasteiger partial charge in [0.05, 0.1) is 10.9 Å². The highest BCUT2D eigenvalue weighted by Gasteiger charge is 2.09. The molecule has 0 aliphatic heterocycles. The molecule has 0 aliphatic carbocycles. The zero-order valence-electron chi connectivity index (χ0n) is 11.2. The van der Waals surface area contributed by atoms with Crippen LogP contribution in [0.15, 0.2) is 40.9 Å². The highest BCUT2D eigenvalue weighted by Crippen LogP contribution is 2.28. The van der Waals surface area contributed by atoms with Crippen molar-refractivity contribution in [3.63, 3.8) is 0 Å². The van der Waals surface area contributed by atoms with Gasteiger partial charge in [0.2, 0.25) is 0 Å². The van der Waals surface area contributed by atoms with Crippen molar-refractivity contribution in [1.29, 1.82) is 0 Å². The zero-order chi connectivity index (χ0) is 15.4. The van der Waals surface area contributed by atoms with Gasteiger partial charge >= 0.3 is 5.97 Å². The summed E-state index contributed by atoms with van der Waals surface area (Å²) in [6, 6.07) is 9.66. The average molecular weight is 387 g/mol. The van der Waals surface area contributed by atoms with Crippen LogP contribution in [0, 0.1) is 0 Å². The minimum atomic E-state index is -0.964. The Labute approximate surface area is 140 Å². The second kappa shape index (κ2) is 7.11. The summed E-state index contributed by atoms with van der Waals surface area (Å²) >= 11 is 10.9. The summed E-state index contributed by atoms with van der Waals surface area (Å²) in [5, 5.41) is 8.79. The Hall–Kier alpha value is -1.30. The van der Waals surface area contributed by atoms with E-state index >= 15 is 0 Å². The van der Waals surface area contributed by atoms with Gasteiger partial charge in [-0.25, -0.2) is 4.79 Å². The van der Waals surface area contributed by atoms with Gasteiger partial charge in [-0.1, -0.05) is 27.5 Å². The van der Waals surface area contributed by atoms with Crippen molar-refractivity contribution in [2.24, 2.45) is 0 Å². The largest absolute Gasteiger partial charge is 0.478 e. The highest BCUT2D eigenvalue weighted by molar-refractivity contribution is 9.10. The molecule has 0 unspecified atom stereocenters. The lowest BCUT2D eigenvalue weighted by Gasteiger charge is -2.21. The number of hydrogen-bond acceptors (Lipinski definition) is 3. The van der Waals surface area contributed by atoms with Gasteiger partial charge in [0, 0.05) is 28.2 Å². The van der Waals surface area contributed by atoms with Crippen LogP contribution in [0.3, 0.4) is 0 Å². The topological polar surface area (TPSA) is 40.5 Å². The lowest BCUT2D eigenvalue weighted by Crippen LogP contribution is -2.16. The van der Waals surface area contributed by atoms with Crippen molar-refractivity contribution >= 4 is 56.6 Å². The van der Waals surface area contributed by atoms with E-state index in [2.05, 4.69) is 20.8 Å². The number of halogens is 2. The van der Waals surface area contributed by atoms with Gasteiger partial charge in [-0.3, -0.25) is 0 Å². The van der Waals surface area contributed by atoms with Crippen molar-refractivity contribution in [2.45, 2.75) is 6.54 Å². The number of aliphatic carboxylic acids is 1. The molecule has 0 saturated heterocycles. The Kier molecular flexibility index (Phi) is 5.45. The van der Waals surface area contributed by atoms with Gasteiger partial charge < -0.3 is 10.0 Å². The Morgan fingerprint density at radius 2 is 2.19 bits per heavy atom. The SMILES string of the molecule is CN(Cc1ccc(Cl)s1)c1ccc(Br)cc1/C=C/C(=O)O. The van der Waals surface area contributed by atoms with E-state index in [1.165, 1.54) is 0 Å². The van der Waals surface area contributed by atoms with E-state index in [0.29, 0.717) is 6.54 Å². The van der Waals surface area contributed by atoms with Crippen molar-refractivity contribution in [3.05, 3.63) is 55.7 Å². The lowest BCUT2D eigenvalue weighted by molar-refractivity contribution is -0.131. The molecule has 3 nitrogen and oxygen atoms in total. The van der Waals surface area contributed by atoms with Crippen LogP contribution < -0.4 is 4.90 Å². The first-order valence-electron chi connectivity index (χ1n) is 6.11. The summed E-state index contributed by atoms with van der Waals surface area (Å²) in [5.74, 6) is -0.964. The standard InChI is InChI=1S/C15H13BrClNO2S/c1-18(9-12-4-6-14(17)21-12)13-5-3-11(16)8-10(13)2-7-15(19)20/h2-8H,9H2,1H3,(H,19,20)/b7-2+. The predicted molar refractivity (Wildman–Crippen MR) is 92.2 cm³/mol. The van der Waals surface area contributed by atoms with Gasteiger partial charge in [0.15, 0.2) is 0 Å². The minimum absolute atomic E-state index is 0.715. The van der Waals surface area contributed by atoms with Crippen molar-refractivity contribution in [2.75, 3.05) is 11.9 Å². The predicted octanol–water partition coefficient (Wildman–Crippen LogP) is 4.90. The van der Waals surface area contributed by atoms with Gasteiger partial charge in [0.25, 0.3) is 0 Å². The van der Waals surface area contributed by atoms with Crippen LogP contribution >= 0.6 is 38.9 Å². The van der Waals surface area contributed by atoms with Crippen LogP contribution in [-0.4, -0.2) is 18.1 Å². The molecular formula is C15H13BrClNO2S. The molecule has 110 valence electrons. The second-order valence-electron chi connectivity index (χ2n) is 4.44. The Bertz CT molecular complexity index is 684. The first-order valence-corrected chi connectivity index (χ1v) is 8.10. The van der Waals surface area contributed by atoms with Crippen LogP contribution in [0.5, 0.6) is 0 Å². The third-order valence-electron chi connectivity index (χ3n) is 2.83. The number of carboxylic acid groups (broad SMARTS) is 1. The molecule has 0 atom stereocenters. The third-order valence-corrected chi connectivity index (χ3v) is 4.54. The molecule has 1 N–H and O–H groups in total. The first kappa shape index (κ1) is 16.1. The van der Waals surface area contributed by atoms with Crippen LogP contribution in [0.2, 0.25) is 4.34 Å². The highest BCUT2D eigenvalue weighted by atomic mass is 79.9. The summed E-state index contributed by atoms with van der Waals surface area (Å²) in [6.07, 6.45) is 2.74. The van der Waals surface area contributed by atoms with E-state index in [4.69, 9.17) is 16.7 Å². The zero-order valence-corrected chi connectivity index (χ0v) is 14.4. The number of anilines is 1. The van der Waals surface area contributed by atoms with E-state index in [-0.39, 0.29) is 0 Å². The number of nitrogens with zero attached hydrogens (tertiary/aromatic N) is 1. The normalized spacial score (nSPS) is 11.0. The van der Waals surface area contributed by atoms with E-state index in [1.807, 2.05) is 37.4 Å². The maximum Gasteiger partial charge on any atom is 0.328 e. The molecule has 1 aromatic heterocycles. The Morgan fingerprint density at radius 3 is 2.81 bits per heavy atom. The summed E-state index contributed by atoms with van der Waals surface area (Å²) in [5.41, 5.74) is 1.80. The quantitative estimate of drug-likeness (QED) is 0.743. The number of thiophene rings is 1. The summed E-state index contributed by atoms with van der Waals surface area (Å²) < 4.78 is 1.67. The molecule has 0 saturated carbocycles. The molecular weight excluding hydrogens is 374 g/mol. The summed E-state index contributed by atoms with van der Waals surface area (Å²) in [4.78, 5) is 13.9. The number of carboxylic acids is 1. The Balaban J connectivity index is 2.27. The lowest BCUT2D eigenvalue weighted by atomic mass is 10.1.